The number of anilines is 2. The summed E-state index contributed by atoms with van der Waals surface area (Å²) in [5.74, 6) is 0.0257. The molecule has 6 heteroatoms. The number of hydrogen-bond acceptors (Lipinski definition) is 5. The molecule has 3 aromatic rings. The lowest BCUT2D eigenvalue weighted by Crippen LogP contribution is -2.41. The SMILES string of the molecule is CC1(C)CC(=O)C2=C(C1)Nc1ccccc1N(CC(=O)NCc1ccncc1)[C@@H]2c1ccccc1. The molecular weight excluding hydrogens is 436 g/mol. The monoisotopic (exact) mass is 466 g/mol. The van der Waals surface area contributed by atoms with Gasteiger partial charge in [-0.15, -0.1) is 0 Å². The molecule has 0 radical (unpaired) electrons. The van der Waals surface area contributed by atoms with Gasteiger partial charge in [0.15, 0.2) is 5.78 Å². The Morgan fingerprint density at radius 2 is 1.74 bits per heavy atom. The zero-order chi connectivity index (χ0) is 24.4. The topological polar surface area (TPSA) is 74.3 Å². The maximum absolute atomic E-state index is 13.6. The van der Waals surface area contributed by atoms with Crippen molar-refractivity contribution < 1.29 is 9.59 Å². The number of rotatable bonds is 5. The highest BCUT2D eigenvalue weighted by atomic mass is 16.2. The summed E-state index contributed by atoms with van der Waals surface area (Å²) in [7, 11) is 0. The number of allylic oxidation sites excluding steroid dienone is 1. The Bertz CT molecular complexity index is 1270. The molecule has 0 unspecified atom stereocenters. The summed E-state index contributed by atoms with van der Waals surface area (Å²) in [6.07, 6.45) is 4.69. The van der Waals surface area contributed by atoms with Gasteiger partial charge in [0.2, 0.25) is 5.91 Å². The van der Waals surface area contributed by atoms with E-state index in [1.807, 2.05) is 66.7 Å². The first-order chi connectivity index (χ1) is 16.9. The van der Waals surface area contributed by atoms with E-state index < -0.39 is 0 Å². The molecule has 1 aliphatic heterocycles. The van der Waals surface area contributed by atoms with Crippen LogP contribution in [0.25, 0.3) is 0 Å². The molecule has 1 aliphatic carbocycles. The molecule has 6 nitrogen and oxygen atoms in total. The average Bonchev–Trinajstić information content (AvgIpc) is 2.98. The Labute approximate surface area is 206 Å². The van der Waals surface area contributed by atoms with Crippen molar-refractivity contribution in [1.82, 2.24) is 10.3 Å². The predicted molar refractivity (Wildman–Crippen MR) is 138 cm³/mol. The Morgan fingerprint density at radius 3 is 2.51 bits per heavy atom. The van der Waals surface area contributed by atoms with Crippen LogP contribution in [0.1, 0.15) is 43.9 Å². The molecule has 5 rings (SSSR count). The first-order valence-electron chi connectivity index (χ1n) is 12.0. The number of nitrogens with one attached hydrogen (secondary N) is 2. The molecule has 1 amide bonds. The fraction of sp³-hybridized carbons (Fsp3) is 0.276. The highest BCUT2D eigenvalue weighted by Gasteiger charge is 2.41. The van der Waals surface area contributed by atoms with Gasteiger partial charge in [-0.2, -0.15) is 0 Å². The minimum Gasteiger partial charge on any atom is -0.357 e. The van der Waals surface area contributed by atoms with Gasteiger partial charge in [0.1, 0.15) is 0 Å². The number of carbonyl (C=O) groups excluding carboxylic acids is 2. The lowest BCUT2D eigenvalue weighted by atomic mass is 9.73. The number of Topliss-reactive ketones (excluding diaryl/α,β-unsaturated/α-hetero) is 1. The van der Waals surface area contributed by atoms with E-state index in [1.165, 1.54) is 0 Å². The Balaban J connectivity index is 1.57. The quantitative estimate of drug-likeness (QED) is 0.553. The largest absolute Gasteiger partial charge is 0.357 e. The average molecular weight is 467 g/mol. The van der Waals surface area contributed by atoms with E-state index in [1.54, 1.807) is 12.4 Å². The highest BCUT2D eigenvalue weighted by molar-refractivity contribution is 6.01. The fourth-order valence-electron chi connectivity index (χ4n) is 5.12. The van der Waals surface area contributed by atoms with E-state index in [0.717, 1.165) is 40.2 Å². The van der Waals surface area contributed by atoms with Crippen LogP contribution in [0.3, 0.4) is 0 Å². The number of nitrogens with zero attached hydrogens (tertiary/aromatic N) is 2. The molecule has 2 aromatic carbocycles. The van der Waals surface area contributed by atoms with Crippen LogP contribution in [-0.4, -0.2) is 23.2 Å². The third-order valence-electron chi connectivity index (χ3n) is 6.67. The number of ketones is 1. The second-order valence-corrected chi connectivity index (χ2v) is 10.0. The number of fused-ring (bicyclic) bond motifs is 1. The van der Waals surface area contributed by atoms with Crippen LogP contribution in [-0.2, 0) is 16.1 Å². The molecule has 178 valence electrons. The summed E-state index contributed by atoms with van der Waals surface area (Å²) in [6.45, 7) is 4.81. The van der Waals surface area contributed by atoms with E-state index in [4.69, 9.17) is 0 Å². The van der Waals surface area contributed by atoms with Gasteiger partial charge in [-0.3, -0.25) is 14.6 Å². The molecule has 0 saturated heterocycles. The van der Waals surface area contributed by atoms with Crippen LogP contribution in [0.15, 0.2) is 90.4 Å². The number of hydrogen-bond donors (Lipinski definition) is 2. The molecule has 2 N–H and O–H groups in total. The summed E-state index contributed by atoms with van der Waals surface area (Å²) in [6, 6.07) is 21.4. The summed E-state index contributed by atoms with van der Waals surface area (Å²) >= 11 is 0. The van der Waals surface area contributed by atoms with E-state index in [2.05, 4.69) is 34.4 Å². The summed E-state index contributed by atoms with van der Waals surface area (Å²) in [5.41, 5.74) is 5.37. The number of benzene rings is 2. The lowest BCUT2D eigenvalue weighted by molar-refractivity contribution is -0.120. The van der Waals surface area contributed by atoms with Crippen molar-refractivity contribution in [3.05, 3.63) is 102 Å². The molecule has 0 spiro atoms. The van der Waals surface area contributed by atoms with Crippen LogP contribution in [0.4, 0.5) is 11.4 Å². The van der Waals surface area contributed by atoms with Gasteiger partial charge in [-0.25, -0.2) is 0 Å². The Kier molecular flexibility index (Phi) is 6.12. The fourth-order valence-corrected chi connectivity index (χ4v) is 5.12. The molecule has 2 heterocycles. The third-order valence-corrected chi connectivity index (χ3v) is 6.67. The van der Waals surface area contributed by atoms with Crippen LogP contribution >= 0.6 is 0 Å². The van der Waals surface area contributed by atoms with Gasteiger partial charge in [0, 0.05) is 36.6 Å². The zero-order valence-electron chi connectivity index (χ0n) is 20.1. The third kappa shape index (κ3) is 4.83. The molecule has 35 heavy (non-hydrogen) atoms. The Hall–Kier alpha value is -3.93. The van der Waals surface area contributed by atoms with Crippen molar-refractivity contribution >= 4 is 23.1 Å². The second kappa shape index (κ2) is 9.37. The van der Waals surface area contributed by atoms with E-state index in [-0.39, 0.29) is 29.7 Å². The summed E-state index contributed by atoms with van der Waals surface area (Å²) < 4.78 is 0. The van der Waals surface area contributed by atoms with Gasteiger partial charge < -0.3 is 15.5 Å². The van der Waals surface area contributed by atoms with E-state index in [9.17, 15) is 9.59 Å². The number of amides is 1. The van der Waals surface area contributed by atoms with Crippen LogP contribution in [0.5, 0.6) is 0 Å². The lowest BCUT2D eigenvalue weighted by Gasteiger charge is -2.37. The van der Waals surface area contributed by atoms with Crippen molar-refractivity contribution in [2.75, 3.05) is 16.8 Å². The molecule has 1 atom stereocenters. The van der Waals surface area contributed by atoms with E-state index >= 15 is 0 Å². The van der Waals surface area contributed by atoms with Crippen molar-refractivity contribution in [2.45, 2.75) is 39.3 Å². The maximum Gasteiger partial charge on any atom is 0.239 e. The van der Waals surface area contributed by atoms with Crippen molar-refractivity contribution in [2.24, 2.45) is 5.41 Å². The van der Waals surface area contributed by atoms with Crippen molar-refractivity contribution in [1.29, 1.82) is 0 Å². The first kappa shape index (κ1) is 22.8. The van der Waals surface area contributed by atoms with Gasteiger partial charge in [-0.1, -0.05) is 56.3 Å². The molecular formula is C29H30N4O2. The predicted octanol–water partition coefficient (Wildman–Crippen LogP) is 5.01. The standard InChI is InChI=1S/C29H30N4O2/c1-29(2)16-23-27(25(34)17-29)28(21-8-4-3-5-9-21)33(24-11-7-6-10-22(24)32-23)19-26(35)31-18-20-12-14-30-15-13-20/h3-15,28,32H,16-19H2,1-2H3,(H,31,35)/t28-/m1/s1. The van der Waals surface area contributed by atoms with Crippen LogP contribution in [0.2, 0.25) is 0 Å². The number of pyridine rings is 1. The van der Waals surface area contributed by atoms with E-state index in [0.29, 0.717) is 13.0 Å². The van der Waals surface area contributed by atoms with Gasteiger partial charge in [-0.05, 0) is 47.2 Å². The second-order valence-electron chi connectivity index (χ2n) is 10.0. The van der Waals surface area contributed by atoms with Crippen LogP contribution < -0.4 is 15.5 Å². The summed E-state index contributed by atoms with van der Waals surface area (Å²) in [5, 5.41) is 6.62. The van der Waals surface area contributed by atoms with Gasteiger partial charge >= 0.3 is 0 Å². The Morgan fingerprint density at radius 1 is 1.03 bits per heavy atom. The van der Waals surface area contributed by atoms with Gasteiger partial charge in [0.25, 0.3) is 0 Å². The minimum atomic E-state index is -0.363. The zero-order valence-corrected chi connectivity index (χ0v) is 20.1. The number of para-hydroxylation sites is 2. The summed E-state index contributed by atoms with van der Waals surface area (Å²) in [4.78, 5) is 33.0. The molecule has 2 aliphatic rings. The minimum absolute atomic E-state index is 0.106. The first-order valence-corrected chi connectivity index (χ1v) is 12.0. The smallest absolute Gasteiger partial charge is 0.239 e. The molecule has 1 aromatic heterocycles. The number of carbonyl (C=O) groups is 2. The maximum atomic E-state index is 13.6. The molecule has 0 bridgehead atoms. The normalized spacial score (nSPS) is 18.7. The van der Waals surface area contributed by atoms with Crippen LogP contribution in [0, 0.1) is 5.41 Å². The molecule has 0 fully saturated rings. The molecule has 0 saturated carbocycles. The van der Waals surface area contributed by atoms with Crippen molar-refractivity contribution in [3.63, 3.8) is 0 Å². The van der Waals surface area contributed by atoms with Gasteiger partial charge in [0.05, 0.1) is 24.0 Å². The number of aromatic nitrogens is 1. The van der Waals surface area contributed by atoms with Crippen molar-refractivity contribution in [3.8, 4) is 0 Å². The highest BCUT2D eigenvalue weighted by Crippen LogP contribution is 2.48.